The van der Waals surface area contributed by atoms with E-state index in [9.17, 15) is 19.3 Å². The smallest absolute Gasteiger partial charge is 0.326 e. The summed E-state index contributed by atoms with van der Waals surface area (Å²) in [7, 11) is 0. The highest BCUT2D eigenvalue weighted by molar-refractivity contribution is 5.77. The first-order chi connectivity index (χ1) is 7.95. The Morgan fingerprint density at radius 2 is 2.29 bits per heavy atom. The Kier molecular flexibility index (Phi) is 3.97. The molecule has 0 aliphatic carbocycles. The van der Waals surface area contributed by atoms with Gasteiger partial charge in [-0.05, 0) is 18.6 Å². The van der Waals surface area contributed by atoms with Gasteiger partial charge < -0.3 is 10.4 Å². The highest BCUT2D eigenvalue weighted by Crippen LogP contribution is 2.22. The summed E-state index contributed by atoms with van der Waals surface area (Å²) in [5.74, 6) is -2.02. The molecule has 1 aromatic rings. The van der Waals surface area contributed by atoms with E-state index < -0.39 is 28.4 Å². The molecule has 6 nitrogen and oxygen atoms in total. The third-order valence-electron chi connectivity index (χ3n) is 2.19. The van der Waals surface area contributed by atoms with Crippen molar-refractivity contribution in [3.8, 4) is 0 Å². The van der Waals surface area contributed by atoms with E-state index >= 15 is 0 Å². The molecule has 0 radical (unpaired) electrons. The molecule has 17 heavy (non-hydrogen) atoms. The molecule has 1 rings (SSSR count). The maximum Gasteiger partial charge on any atom is 0.326 e. The van der Waals surface area contributed by atoms with Gasteiger partial charge in [-0.25, -0.2) is 4.79 Å². The Hall–Kier alpha value is -2.18. The predicted octanol–water partition coefficient (Wildman–Crippen LogP) is 2.01. The lowest BCUT2D eigenvalue weighted by molar-refractivity contribution is -0.387. The molecule has 7 heteroatoms. The number of nitro benzene ring substituents is 1. The topological polar surface area (TPSA) is 92.5 Å². The van der Waals surface area contributed by atoms with Gasteiger partial charge in [0.25, 0.3) is 0 Å². The maximum atomic E-state index is 13.0. The number of nitrogens with one attached hydrogen (secondary N) is 1. The molecular formula is C10H11FN2O4. The van der Waals surface area contributed by atoms with Crippen LogP contribution in [0.25, 0.3) is 0 Å². The number of halogens is 1. The van der Waals surface area contributed by atoms with E-state index in [4.69, 9.17) is 5.11 Å². The number of carboxylic acids is 1. The number of nitrogens with zero attached hydrogens (tertiary/aromatic N) is 1. The number of carboxylic acid groups (broad SMARTS) is 1. The first-order valence-electron chi connectivity index (χ1n) is 4.89. The molecular weight excluding hydrogens is 231 g/mol. The standard InChI is InChI=1S/C10H11FN2O4/c1-2-8(10(14)15)12-6-3-4-7(11)9(5-6)13(16)17/h3-5,8,12H,2H2,1H3,(H,14,15). The SMILES string of the molecule is CCC(Nc1ccc(F)c([N+](=O)[O-])c1)C(=O)O. The number of rotatable bonds is 5. The second-order valence-electron chi connectivity index (χ2n) is 3.37. The zero-order chi connectivity index (χ0) is 13.0. The number of carbonyl (C=O) groups is 1. The van der Waals surface area contributed by atoms with Crippen LogP contribution in [0, 0.1) is 15.9 Å². The zero-order valence-corrected chi connectivity index (χ0v) is 9.01. The van der Waals surface area contributed by atoms with Gasteiger partial charge in [-0.1, -0.05) is 6.92 Å². The third-order valence-corrected chi connectivity index (χ3v) is 2.19. The molecule has 0 saturated carbocycles. The van der Waals surface area contributed by atoms with Crippen molar-refractivity contribution >= 4 is 17.3 Å². The number of nitro groups is 1. The molecule has 1 aromatic carbocycles. The van der Waals surface area contributed by atoms with Gasteiger partial charge in [0.1, 0.15) is 6.04 Å². The van der Waals surface area contributed by atoms with Gasteiger partial charge >= 0.3 is 11.7 Å². The Morgan fingerprint density at radius 1 is 1.65 bits per heavy atom. The molecule has 0 saturated heterocycles. The second-order valence-corrected chi connectivity index (χ2v) is 3.37. The fraction of sp³-hybridized carbons (Fsp3) is 0.300. The van der Waals surface area contributed by atoms with E-state index in [0.717, 1.165) is 12.1 Å². The van der Waals surface area contributed by atoms with Crippen LogP contribution in [0.4, 0.5) is 15.8 Å². The number of hydrogen-bond acceptors (Lipinski definition) is 4. The normalized spacial score (nSPS) is 11.9. The van der Waals surface area contributed by atoms with E-state index in [1.54, 1.807) is 6.92 Å². The average molecular weight is 242 g/mol. The van der Waals surface area contributed by atoms with E-state index in [2.05, 4.69) is 5.32 Å². The van der Waals surface area contributed by atoms with Crippen LogP contribution in [-0.4, -0.2) is 22.0 Å². The highest BCUT2D eigenvalue weighted by atomic mass is 19.1. The van der Waals surface area contributed by atoms with Gasteiger partial charge in [-0.3, -0.25) is 10.1 Å². The van der Waals surface area contributed by atoms with Crippen LogP contribution < -0.4 is 5.32 Å². The van der Waals surface area contributed by atoms with Crippen LogP contribution >= 0.6 is 0 Å². The second kappa shape index (κ2) is 5.24. The van der Waals surface area contributed by atoms with E-state index in [-0.39, 0.29) is 5.69 Å². The molecule has 0 aromatic heterocycles. The fourth-order valence-electron chi connectivity index (χ4n) is 1.28. The predicted molar refractivity (Wildman–Crippen MR) is 58.4 cm³/mol. The third kappa shape index (κ3) is 3.13. The average Bonchev–Trinajstić information content (AvgIpc) is 2.27. The molecule has 0 fully saturated rings. The Labute approximate surface area is 96.2 Å². The summed E-state index contributed by atoms with van der Waals surface area (Å²) in [4.78, 5) is 20.4. The van der Waals surface area contributed by atoms with Crippen molar-refractivity contribution in [2.75, 3.05) is 5.32 Å². The Bertz CT molecular complexity index is 450. The Balaban J connectivity index is 2.96. The Morgan fingerprint density at radius 3 is 2.76 bits per heavy atom. The molecule has 0 aliphatic rings. The number of aliphatic carboxylic acids is 1. The van der Waals surface area contributed by atoms with Crippen molar-refractivity contribution in [3.05, 3.63) is 34.1 Å². The monoisotopic (exact) mass is 242 g/mol. The maximum absolute atomic E-state index is 13.0. The van der Waals surface area contributed by atoms with Gasteiger partial charge in [0.15, 0.2) is 0 Å². The zero-order valence-electron chi connectivity index (χ0n) is 9.01. The summed E-state index contributed by atoms with van der Waals surface area (Å²) in [6.45, 7) is 1.66. The molecule has 0 bridgehead atoms. The summed E-state index contributed by atoms with van der Waals surface area (Å²) in [5, 5.41) is 21.9. The van der Waals surface area contributed by atoms with Crippen LogP contribution in [0.1, 0.15) is 13.3 Å². The number of hydrogen-bond donors (Lipinski definition) is 2. The molecule has 0 amide bonds. The van der Waals surface area contributed by atoms with Crippen molar-refractivity contribution in [2.24, 2.45) is 0 Å². The van der Waals surface area contributed by atoms with Crippen LogP contribution in [0.2, 0.25) is 0 Å². The minimum Gasteiger partial charge on any atom is -0.480 e. The van der Waals surface area contributed by atoms with Gasteiger partial charge in [-0.15, -0.1) is 0 Å². The van der Waals surface area contributed by atoms with Crippen LogP contribution in [0.5, 0.6) is 0 Å². The lowest BCUT2D eigenvalue weighted by atomic mass is 10.2. The first kappa shape index (κ1) is 12.9. The lowest BCUT2D eigenvalue weighted by Crippen LogP contribution is -2.28. The van der Waals surface area contributed by atoms with Crippen molar-refractivity contribution in [2.45, 2.75) is 19.4 Å². The largest absolute Gasteiger partial charge is 0.480 e. The summed E-state index contributed by atoms with van der Waals surface area (Å²) < 4.78 is 13.0. The number of anilines is 1. The van der Waals surface area contributed by atoms with E-state index in [1.165, 1.54) is 6.07 Å². The van der Waals surface area contributed by atoms with Crippen LogP contribution in [0.15, 0.2) is 18.2 Å². The van der Waals surface area contributed by atoms with Gasteiger partial charge in [0, 0.05) is 11.8 Å². The highest BCUT2D eigenvalue weighted by Gasteiger charge is 2.18. The fourth-order valence-corrected chi connectivity index (χ4v) is 1.28. The van der Waals surface area contributed by atoms with Crippen molar-refractivity contribution in [1.29, 1.82) is 0 Å². The molecule has 0 spiro atoms. The van der Waals surface area contributed by atoms with Crippen molar-refractivity contribution in [3.63, 3.8) is 0 Å². The summed E-state index contributed by atoms with van der Waals surface area (Å²) in [6.07, 6.45) is 0.306. The molecule has 1 atom stereocenters. The molecule has 1 unspecified atom stereocenters. The van der Waals surface area contributed by atoms with Crippen molar-refractivity contribution < 1.29 is 19.2 Å². The van der Waals surface area contributed by atoms with Gasteiger partial charge in [0.05, 0.1) is 4.92 Å². The van der Waals surface area contributed by atoms with Crippen molar-refractivity contribution in [1.82, 2.24) is 0 Å². The summed E-state index contributed by atoms with van der Waals surface area (Å²) in [5.41, 5.74) is -0.484. The molecule has 0 heterocycles. The minimum absolute atomic E-state index is 0.201. The summed E-state index contributed by atoms with van der Waals surface area (Å²) >= 11 is 0. The first-order valence-corrected chi connectivity index (χ1v) is 4.89. The van der Waals surface area contributed by atoms with E-state index in [1.807, 2.05) is 0 Å². The van der Waals surface area contributed by atoms with Gasteiger partial charge in [0.2, 0.25) is 5.82 Å². The van der Waals surface area contributed by atoms with Gasteiger partial charge in [-0.2, -0.15) is 4.39 Å². The lowest BCUT2D eigenvalue weighted by Gasteiger charge is -2.13. The summed E-state index contributed by atoms with van der Waals surface area (Å²) in [6, 6.07) is 2.30. The molecule has 92 valence electrons. The van der Waals surface area contributed by atoms with Crippen LogP contribution in [0.3, 0.4) is 0 Å². The quantitative estimate of drug-likeness (QED) is 0.608. The minimum atomic E-state index is -1.07. The van der Waals surface area contributed by atoms with Crippen LogP contribution in [-0.2, 0) is 4.79 Å². The molecule has 0 aliphatic heterocycles. The van der Waals surface area contributed by atoms with E-state index in [0.29, 0.717) is 6.42 Å². The molecule has 2 N–H and O–H groups in total. The number of benzene rings is 1.